The van der Waals surface area contributed by atoms with E-state index in [4.69, 9.17) is 0 Å². The molecule has 0 aliphatic rings. The van der Waals surface area contributed by atoms with Crippen LogP contribution in [0.3, 0.4) is 0 Å². The summed E-state index contributed by atoms with van der Waals surface area (Å²) in [5, 5.41) is 0. The number of hydrogen-bond acceptors (Lipinski definition) is 0. The van der Waals surface area contributed by atoms with E-state index in [9.17, 15) is 0 Å². The standard InChI is InChI=1S/2Ca.2ClH/h;;2*1H/q2*+2;;/p-2. The monoisotopic (exact) mass is 150 g/mol. The minimum Gasteiger partial charge on any atom is -1.00 e. The summed E-state index contributed by atoms with van der Waals surface area (Å²) in [5.74, 6) is 0. The molecule has 0 fully saturated rings. The van der Waals surface area contributed by atoms with Crippen LogP contribution in [0, 0.1) is 0 Å². The van der Waals surface area contributed by atoms with Gasteiger partial charge in [-0.3, -0.25) is 0 Å². The van der Waals surface area contributed by atoms with E-state index in [1.54, 1.807) is 0 Å². The van der Waals surface area contributed by atoms with Gasteiger partial charge >= 0.3 is 75.5 Å². The zero-order valence-electron chi connectivity index (χ0n) is 2.17. The molecule has 0 bridgehead atoms. The second-order valence-corrected chi connectivity index (χ2v) is 0. The Hall–Kier alpha value is 3.10. The Morgan fingerprint density at radius 3 is 0.500 bits per heavy atom. The number of halogens is 2. The maximum Gasteiger partial charge on any atom is 2.00 e. The summed E-state index contributed by atoms with van der Waals surface area (Å²) < 4.78 is 0. The van der Waals surface area contributed by atoms with Gasteiger partial charge in [0.15, 0.2) is 0 Å². The molecule has 0 saturated heterocycles. The van der Waals surface area contributed by atoms with E-state index >= 15 is 0 Å². The van der Waals surface area contributed by atoms with E-state index in [-0.39, 0.29) is 100 Å². The molecule has 4 heteroatoms. The third-order valence-electron chi connectivity index (χ3n) is 0. The molecule has 0 N–H and O–H groups in total. The summed E-state index contributed by atoms with van der Waals surface area (Å²) in [6.45, 7) is 0. The van der Waals surface area contributed by atoms with Gasteiger partial charge in [-0.25, -0.2) is 0 Å². The minimum absolute atomic E-state index is 0. The molecule has 0 atom stereocenters. The van der Waals surface area contributed by atoms with Crippen LogP contribution in [-0.2, 0) is 0 Å². The van der Waals surface area contributed by atoms with Gasteiger partial charge in [0.2, 0.25) is 0 Å². The average molecular weight is 151 g/mol. The number of rotatable bonds is 0. The Morgan fingerprint density at radius 1 is 0.500 bits per heavy atom. The van der Waals surface area contributed by atoms with E-state index in [1.165, 1.54) is 0 Å². The van der Waals surface area contributed by atoms with Gasteiger partial charge in [0, 0.05) is 0 Å². The molecule has 0 rings (SSSR count). The Balaban J connectivity index is 0. The van der Waals surface area contributed by atoms with Gasteiger partial charge in [0.05, 0.1) is 0 Å². The fourth-order valence-electron chi connectivity index (χ4n) is 0. The summed E-state index contributed by atoms with van der Waals surface area (Å²) in [6, 6.07) is 0. The maximum absolute atomic E-state index is 0. The second kappa shape index (κ2) is 16.5. The van der Waals surface area contributed by atoms with Crippen molar-refractivity contribution in [2.45, 2.75) is 0 Å². The fraction of sp³-hybridized carbons (Fsp3) is 0. The van der Waals surface area contributed by atoms with Crippen molar-refractivity contribution >= 4 is 75.5 Å². The van der Waals surface area contributed by atoms with Gasteiger partial charge in [-0.05, 0) is 0 Å². The van der Waals surface area contributed by atoms with Crippen LogP contribution in [0.2, 0.25) is 0 Å². The van der Waals surface area contributed by atoms with Crippen LogP contribution in [0.5, 0.6) is 0 Å². The van der Waals surface area contributed by atoms with Crippen molar-refractivity contribution in [2.24, 2.45) is 0 Å². The molecule has 0 saturated carbocycles. The third-order valence-corrected chi connectivity index (χ3v) is 0. The molecule has 0 heterocycles. The summed E-state index contributed by atoms with van der Waals surface area (Å²) in [6.07, 6.45) is 0. The zero-order chi connectivity index (χ0) is 0. The van der Waals surface area contributed by atoms with E-state index in [0.29, 0.717) is 0 Å². The van der Waals surface area contributed by atoms with E-state index in [2.05, 4.69) is 0 Å². The Labute approximate surface area is 97.9 Å². The smallest absolute Gasteiger partial charge is 1.00 e. The van der Waals surface area contributed by atoms with Crippen molar-refractivity contribution in [1.29, 1.82) is 0 Å². The van der Waals surface area contributed by atoms with Crippen LogP contribution in [-0.4, -0.2) is 75.5 Å². The molecule has 4 heavy (non-hydrogen) atoms. The van der Waals surface area contributed by atoms with Gasteiger partial charge in [-0.1, -0.05) is 0 Å². The molecule has 16 valence electrons. The van der Waals surface area contributed by atoms with Crippen LogP contribution in [0.4, 0.5) is 0 Å². The molecule has 0 spiro atoms. The van der Waals surface area contributed by atoms with E-state index in [1.807, 2.05) is 0 Å². The molecule has 0 aromatic heterocycles. The van der Waals surface area contributed by atoms with E-state index < -0.39 is 0 Å². The predicted molar refractivity (Wildman–Crippen MR) is 11.5 cm³/mol. The molecule has 0 aliphatic heterocycles. The third kappa shape index (κ3) is 8.92. The molecule has 0 aliphatic carbocycles. The first kappa shape index (κ1) is 27.5. The Morgan fingerprint density at radius 2 is 0.500 bits per heavy atom. The molecular weight excluding hydrogens is 151 g/mol. The van der Waals surface area contributed by atoms with Crippen LogP contribution in [0.1, 0.15) is 0 Å². The fourth-order valence-corrected chi connectivity index (χ4v) is 0. The molecule has 0 amide bonds. The first-order chi connectivity index (χ1) is 0. The van der Waals surface area contributed by atoms with Crippen molar-refractivity contribution < 1.29 is 24.8 Å². The molecule has 0 aromatic carbocycles. The van der Waals surface area contributed by atoms with Crippen LogP contribution >= 0.6 is 0 Å². The second-order valence-electron chi connectivity index (χ2n) is 0. The van der Waals surface area contributed by atoms with Crippen molar-refractivity contribution in [3.63, 3.8) is 0 Å². The summed E-state index contributed by atoms with van der Waals surface area (Å²) in [5.41, 5.74) is 0. The van der Waals surface area contributed by atoms with Crippen molar-refractivity contribution in [1.82, 2.24) is 0 Å². The van der Waals surface area contributed by atoms with Gasteiger partial charge in [0.1, 0.15) is 0 Å². The SMILES string of the molecule is [Ca+2].[Ca+2].[Cl-].[Cl-]. The molecule has 0 aromatic rings. The average Bonchev–Trinajstić information content (AvgIpc) is 0. The van der Waals surface area contributed by atoms with Crippen molar-refractivity contribution in [3.05, 3.63) is 0 Å². The van der Waals surface area contributed by atoms with Gasteiger partial charge in [-0.2, -0.15) is 0 Å². The quantitative estimate of drug-likeness (QED) is 0.302. The van der Waals surface area contributed by atoms with Gasteiger partial charge in [0.25, 0.3) is 0 Å². The van der Waals surface area contributed by atoms with Gasteiger partial charge < -0.3 is 24.8 Å². The molecule has 0 unspecified atom stereocenters. The van der Waals surface area contributed by atoms with Crippen LogP contribution in [0.15, 0.2) is 0 Å². The molecular formula is Ca2Cl2+2. The van der Waals surface area contributed by atoms with Crippen LogP contribution < -0.4 is 24.8 Å². The van der Waals surface area contributed by atoms with E-state index in [0.717, 1.165) is 0 Å². The Kier molecular flexibility index (Phi) is 113. The Bertz CT molecular complexity index is 4.00. The summed E-state index contributed by atoms with van der Waals surface area (Å²) in [4.78, 5) is 0. The largest absolute Gasteiger partial charge is 2.00 e. The topological polar surface area (TPSA) is 0 Å². The normalized spacial score (nSPS) is 0. The summed E-state index contributed by atoms with van der Waals surface area (Å²) in [7, 11) is 0. The number of hydrogen-bond donors (Lipinski definition) is 0. The first-order valence-corrected chi connectivity index (χ1v) is 0. The van der Waals surface area contributed by atoms with Crippen molar-refractivity contribution in [2.75, 3.05) is 0 Å². The van der Waals surface area contributed by atoms with Crippen LogP contribution in [0.25, 0.3) is 0 Å². The predicted octanol–water partition coefficient (Wildman–Crippen LogP) is -6.75. The molecule has 0 radical (unpaired) electrons. The summed E-state index contributed by atoms with van der Waals surface area (Å²) >= 11 is 0. The maximum atomic E-state index is 0. The minimum atomic E-state index is 0. The molecule has 0 nitrogen and oxygen atoms in total. The first-order valence-electron chi connectivity index (χ1n) is 0. The zero-order valence-corrected chi connectivity index (χ0v) is 8.10. The van der Waals surface area contributed by atoms with Crippen molar-refractivity contribution in [3.8, 4) is 0 Å². The van der Waals surface area contributed by atoms with Gasteiger partial charge in [-0.15, -0.1) is 0 Å².